The van der Waals surface area contributed by atoms with Crippen LogP contribution in [0.4, 0.5) is 0 Å². The van der Waals surface area contributed by atoms with Crippen molar-refractivity contribution in [1.29, 1.82) is 0 Å². The maximum absolute atomic E-state index is 8.84. The van der Waals surface area contributed by atoms with Crippen molar-refractivity contribution in [3.63, 3.8) is 0 Å². The van der Waals surface area contributed by atoms with Crippen molar-refractivity contribution >= 4 is 7.12 Å². The fourth-order valence-corrected chi connectivity index (χ4v) is 3.32. The van der Waals surface area contributed by atoms with Crippen LogP contribution in [-0.2, 0) is 6.54 Å². The van der Waals surface area contributed by atoms with Gasteiger partial charge in [0, 0.05) is 12.6 Å². The number of rotatable bonds is 8. The molecular formula is C17H29BN2O2. The molecule has 22 heavy (non-hydrogen) atoms. The van der Waals surface area contributed by atoms with Gasteiger partial charge in [0.15, 0.2) is 0 Å². The van der Waals surface area contributed by atoms with E-state index in [1.165, 1.54) is 18.4 Å². The molecule has 0 unspecified atom stereocenters. The van der Waals surface area contributed by atoms with Crippen molar-refractivity contribution in [2.45, 2.75) is 51.0 Å². The van der Waals surface area contributed by atoms with E-state index in [-0.39, 0.29) is 6.04 Å². The maximum atomic E-state index is 8.84. The molecule has 5 heteroatoms. The quantitative estimate of drug-likeness (QED) is 0.506. The van der Waals surface area contributed by atoms with Crippen molar-refractivity contribution in [3.8, 4) is 0 Å². The highest BCUT2D eigenvalue weighted by Crippen LogP contribution is 2.23. The van der Waals surface area contributed by atoms with Crippen LogP contribution >= 0.6 is 0 Å². The molecule has 1 saturated heterocycles. The zero-order valence-corrected chi connectivity index (χ0v) is 13.4. The minimum Gasteiger partial charge on any atom is -0.427 e. The normalized spacial score (nSPS) is 18.3. The number of nitrogens with zero attached hydrogens (tertiary/aromatic N) is 1. The van der Waals surface area contributed by atoms with Crippen molar-refractivity contribution in [2.24, 2.45) is 11.7 Å². The van der Waals surface area contributed by atoms with Gasteiger partial charge in [0.1, 0.15) is 0 Å². The molecule has 2 rings (SSSR count). The van der Waals surface area contributed by atoms with Gasteiger partial charge in [-0.3, -0.25) is 4.90 Å². The van der Waals surface area contributed by atoms with E-state index in [4.69, 9.17) is 15.8 Å². The second-order valence-corrected chi connectivity index (χ2v) is 6.53. The van der Waals surface area contributed by atoms with Gasteiger partial charge < -0.3 is 15.8 Å². The Morgan fingerprint density at radius 1 is 1.14 bits per heavy atom. The topological polar surface area (TPSA) is 69.7 Å². The average Bonchev–Trinajstić information content (AvgIpc) is 2.53. The first-order chi connectivity index (χ1) is 10.6. The van der Waals surface area contributed by atoms with Crippen molar-refractivity contribution in [2.75, 3.05) is 13.1 Å². The van der Waals surface area contributed by atoms with Crippen LogP contribution in [0.15, 0.2) is 30.3 Å². The van der Waals surface area contributed by atoms with Gasteiger partial charge in [-0.05, 0) is 50.2 Å². The Morgan fingerprint density at radius 2 is 1.82 bits per heavy atom. The van der Waals surface area contributed by atoms with E-state index < -0.39 is 7.12 Å². The molecular weight excluding hydrogens is 275 g/mol. The summed E-state index contributed by atoms with van der Waals surface area (Å²) in [6.45, 7) is 3.29. The molecule has 1 aliphatic heterocycles. The third-order valence-corrected chi connectivity index (χ3v) is 4.74. The van der Waals surface area contributed by atoms with Gasteiger partial charge in [-0.25, -0.2) is 0 Å². The zero-order chi connectivity index (χ0) is 15.8. The molecule has 1 heterocycles. The summed E-state index contributed by atoms with van der Waals surface area (Å²) in [5.41, 5.74) is 7.70. The smallest absolute Gasteiger partial charge is 0.427 e. The predicted molar refractivity (Wildman–Crippen MR) is 91.3 cm³/mol. The second kappa shape index (κ2) is 9.31. The number of piperidine rings is 1. The highest BCUT2D eigenvalue weighted by molar-refractivity contribution is 6.40. The van der Waals surface area contributed by atoms with Crippen LogP contribution < -0.4 is 5.73 Å². The second-order valence-electron chi connectivity index (χ2n) is 6.53. The number of nitrogens with two attached hydrogens (primary N) is 1. The van der Waals surface area contributed by atoms with Crippen molar-refractivity contribution in [3.05, 3.63) is 35.9 Å². The van der Waals surface area contributed by atoms with E-state index in [2.05, 4.69) is 35.2 Å². The molecule has 4 nitrogen and oxygen atoms in total. The number of unbranched alkanes of at least 4 members (excludes halogenated alkanes) is 1. The Kier molecular flexibility index (Phi) is 7.39. The van der Waals surface area contributed by atoms with Gasteiger partial charge >= 0.3 is 7.12 Å². The zero-order valence-electron chi connectivity index (χ0n) is 13.4. The standard InChI is InChI=1S/C17H29BN2O2/c19-17(8-4-5-11-18(21)22)16-9-12-20(13-10-16)14-15-6-2-1-3-7-15/h1-3,6-7,16-17,21-22H,4-5,8-14,19H2/t17-/m1/s1. The Balaban J connectivity index is 1.64. The molecule has 122 valence electrons. The summed E-state index contributed by atoms with van der Waals surface area (Å²) in [6.07, 6.45) is 5.65. The molecule has 0 bridgehead atoms. The minimum atomic E-state index is -1.17. The number of benzene rings is 1. The summed E-state index contributed by atoms with van der Waals surface area (Å²) >= 11 is 0. The summed E-state index contributed by atoms with van der Waals surface area (Å²) < 4.78 is 0. The van der Waals surface area contributed by atoms with E-state index in [0.717, 1.165) is 38.9 Å². The Labute approximate surface area is 134 Å². The Hall–Kier alpha value is -0.875. The molecule has 1 aromatic rings. The number of hydrogen-bond acceptors (Lipinski definition) is 4. The van der Waals surface area contributed by atoms with Crippen LogP contribution in [0.3, 0.4) is 0 Å². The number of likely N-dealkylation sites (tertiary alicyclic amines) is 1. The molecule has 4 N–H and O–H groups in total. The molecule has 1 atom stereocenters. The first-order valence-electron chi connectivity index (χ1n) is 8.53. The first kappa shape index (κ1) is 17.5. The molecule has 0 radical (unpaired) electrons. The largest absolute Gasteiger partial charge is 0.451 e. The van der Waals surface area contributed by atoms with Gasteiger partial charge in [0.25, 0.3) is 0 Å². The molecule has 0 amide bonds. The summed E-state index contributed by atoms with van der Waals surface area (Å²) in [5.74, 6) is 0.617. The Morgan fingerprint density at radius 3 is 2.45 bits per heavy atom. The third-order valence-electron chi connectivity index (χ3n) is 4.74. The molecule has 0 aliphatic carbocycles. The van der Waals surface area contributed by atoms with Crippen LogP contribution in [0.25, 0.3) is 0 Å². The van der Waals surface area contributed by atoms with Crippen LogP contribution in [0.5, 0.6) is 0 Å². The summed E-state index contributed by atoms with van der Waals surface area (Å²) in [4.78, 5) is 2.51. The SMILES string of the molecule is N[C@H](CCCCB(O)O)C1CCN(Cc2ccccc2)CC1. The van der Waals surface area contributed by atoms with E-state index in [1.54, 1.807) is 0 Å². The highest BCUT2D eigenvalue weighted by Gasteiger charge is 2.24. The van der Waals surface area contributed by atoms with Gasteiger partial charge in [0.05, 0.1) is 0 Å². The summed E-state index contributed by atoms with van der Waals surface area (Å²) in [6, 6.07) is 10.9. The van der Waals surface area contributed by atoms with Gasteiger partial charge in [-0.2, -0.15) is 0 Å². The van der Waals surface area contributed by atoms with Crippen molar-refractivity contribution in [1.82, 2.24) is 4.90 Å². The molecule has 1 aromatic carbocycles. The van der Waals surface area contributed by atoms with Crippen LogP contribution in [0, 0.1) is 5.92 Å². The monoisotopic (exact) mass is 304 g/mol. The van der Waals surface area contributed by atoms with E-state index in [9.17, 15) is 0 Å². The lowest BCUT2D eigenvalue weighted by Gasteiger charge is -2.34. The van der Waals surface area contributed by atoms with Crippen molar-refractivity contribution < 1.29 is 10.0 Å². The van der Waals surface area contributed by atoms with E-state index >= 15 is 0 Å². The molecule has 1 aliphatic rings. The van der Waals surface area contributed by atoms with Crippen LogP contribution in [0.2, 0.25) is 6.32 Å². The average molecular weight is 304 g/mol. The Bertz CT molecular complexity index is 408. The number of hydrogen-bond donors (Lipinski definition) is 3. The molecule has 0 spiro atoms. The lowest BCUT2D eigenvalue weighted by Crippen LogP contribution is -2.40. The summed E-state index contributed by atoms with van der Waals surface area (Å²) in [7, 11) is -1.17. The van der Waals surface area contributed by atoms with Gasteiger partial charge in [0.2, 0.25) is 0 Å². The lowest BCUT2D eigenvalue weighted by atomic mass is 9.82. The fourth-order valence-electron chi connectivity index (χ4n) is 3.32. The highest BCUT2D eigenvalue weighted by atomic mass is 16.4. The predicted octanol–water partition coefficient (Wildman–Crippen LogP) is 1.87. The molecule has 0 aromatic heterocycles. The van der Waals surface area contributed by atoms with E-state index in [1.807, 2.05) is 0 Å². The maximum Gasteiger partial charge on any atom is 0.451 e. The van der Waals surface area contributed by atoms with Crippen LogP contribution in [0.1, 0.15) is 37.7 Å². The fraction of sp³-hybridized carbons (Fsp3) is 0.647. The lowest BCUT2D eigenvalue weighted by molar-refractivity contribution is 0.159. The van der Waals surface area contributed by atoms with Gasteiger partial charge in [-0.15, -0.1) is 0 Å². The third kappa shape index (κ3) is 6.09. The van der Waals surface area contributed by atoms with E-state index in [0.29, 0.717) is 12.2 Å². The molecule has 0 saturated carbocycles. The first-order valence-corrected chi connectivity index (χ1v) is 8.53. The minimum absolute atomic E-state index is 0.259. The van der Waals surface area contributed by atoms with Gasteiger partial charge in [-0.1, -0.05) is 43.2 Å². The molecule has 1 fully saturated rings. The summed E-state index contributed by atoms with van der Waals surface area (Å²) in [5, 5.41) is 17.7. The van der Waals surface area contributed by atoms with Crippen LogP contribution in [-0.4, -0.2) is 41.2 Å².